The summed E-state index contributed by atoms with van der Waals surface area (Å²) in [6.45, 7) is 1.42. The van der Waals surface area contributed by atoms with Crippen LogP contribution in [0.3, 0.4) is 0 Å². The van der Waals surface area contributed by atoms with Gasteiger partial charge in [0.15, 0.2) is 0 Å². The number of aromatic nitrogens is 1. The molecule has 1 aromatic heterocycles. The van der Waals surface area contributed by atoms with Crippen LogP contribution in [0.25, 0.3) is 0 Å². The Balaban J connectivity index is 1.68. The fourth-order valence-electron chi connectivity index (χ4n) is 1.31. The van der Waals surface area contributed by atoms with Gasteiger partial charge in [0.05, 0.1) is 18.9 Å². The van der Waals surface area contributed by atoms with Crippen molar-refractivity contribution in [3.63, 3.8) is 0 Å². The standard InChI is InChI=1S/C12H13NOS/c1-2-4-11(5-3-1)10-14-8-6-12-7-9-15-13-12/h1-5,7,9H,6,8,10H2. The van der Waals surface area contributed by atoms with Crippen molar-refractivity contribution in [2.75, 3.05) is 6.61 Å². The van der Waals surface area contributed by atoms with E-state index in [2.05, 4.69) is 16.5 Å². The summed E-state index contributed by atoms with van der Waals surface area (Å²) >= 11 is 1.49. The highest BCUT2D eigenvalue weighted by Crippen LogP contribution is 2.03. The maximum absolute atomic E-state index is 5.56. The van der Waals surface area contributed by atoms with E-state index in [1.807, 2.05) is 29.6 Å². The topological polar surface area (TPSA) is 22.1 Å². The number of benzene rings is 1. The van der Waals surface area contributed by atoms with Gasteiger partial charge in [-0.2, -0.15) is 4.37 Å². The van der Waals surface area contributed by atoms with E-state index < -0.39 is 0 Å². The molecule has 0 saturated carbocycles. The monoisotopic (exact) mass is 219 g/mol. The first kappa shape index (κ1) is 10.3. The highest BCUT2D eigenvalue weighted by Gasteiger charge is 1.95. The lowest BCUT2D eigenvalue weighted by Crippen LogP contribution is -1.98. The highest BCUT2D eigenvalue weighted by atomic mass is 32.1. The lowest BCUT2D eigenvalue weighted by atomic mass is 10.2. The summed E-state index contributed by atoms with van der Waals surface area (Å²) in [6, 6.07) is 12.2. The molecule has 0 saturated heterocycles. The second-order valence-electron chi connectivity index (χ2n) is 3.28. The molecule has 0 N–H and O–H groups in total. The van der Waals surface area contributed by atoms with Crippen molar-refractivity contribution in [1.29, 1.82) is 0 Å². The molecule has 1 heterocycles. The van der Waals surface area contributed by atoms with Gasteiger partial charge in [0.2, 0.25) is 0 Å². The summed E-state index contributed by atoms with van der Waals surface area (Å²) < 4.78 is 9.78. The largest absolute Gasteiger partial charge is 0.376 e. The van der Waals surface area contributed by atoms with Crippen molar-refractivity contribution in [3.05, 3.63) is 53.0 Å². The first-order valence-electron chi connectivity index (χ1n) is 4.96. The molecule has 0 radical (unpaired) electrons. The first-order chi connectivity index (χ1) is 7.45. The lowest BCUT2D eigenvalue weighted by Gasteiger charge is -2.02. The maximum atomic E-state index is 5.56. The van der Waals surface area contributed by atoms with Gasteiger partial charge < -0.3 is 4.74 Å². The summed E-state index contributed by atoms with van der Waals surface area (Å²) in [5, 5.41) is 1.99. The van der Waals surface area contributed by atoms with Crippen LogP contribution in [0, 0.1) is 0 Å². The third-order valence-corrected chi connectivity index (χ3v) is 2.70. The van der Waals surface area contributed by atoms with E-state index in [1.54, 1.807) is 0 Å². The summed E-state index contributed by atoms with van der Waals surface area (Å²) in [4.78, 5) is 0. The Bertz CT molecular complexity index is 372. The number of nitrogens with zero attached hydrogens (tertiary/aromatic N) is 1. The van der Waals surface area contributed by atoms with Crippen molar-refractivity contribution in [2.45, 2.75) is 13.0 Å². The summed E-state index contributed by atoms with van der Waals surface area (Å²) in [5.41, 5.74) is 2.34. The van der Waals surface area contributed by atoms with E-state index in [0.717, 1.165) is 18.7 Å². The fourth-order valence-corrected chi connectivity index (χ4v) is 1.87. The molecule has 78 valence electrons. The Hall–Kier alpha value is -1.19. The fraction of sp³-hybridized carbons (Fsp3) is 0.250. The Kier molecular flexibility index (Phi) is 3.88. The van der Waals surface area contributed by atoms with E-state index >= 15 is 0 Å². The molecule has 0 bridgehead atoms. The average molecular weight is 219 g/mol. The van der Waals surface area contributed by atoms with E-state index in [0.29, 0.717) is 6.61 Å². The average Bonchev–Trinajstić information content (AvgIpc) is 2.79. The molecule has 0 spiro atoms. The zero-order valence-corrected chi connectivity index (χ0v) is 9.24. The molecule has 0 atom stereocenters. The molecule has 0 aliphatic rings. The predicted molar refractivity (Wildman–Crippen MR) is 61.9 cm³/mol. The normalized spacial score (nSPS) is 10.4. The van der Waals surface area contributed by atoms with Gasteiger partial charge in [0, 0.05) is 11.8 Å². The van der Waals surface area contributed by atoms with Crippen LogP contribution in [-0.2, 0) is 17.8 Å². The molecule has 0 unspecified atom stereocenters. The van der Waals surface area contributed by atoms with E-state index in [1.165, 1.54) is 17.1 Å². The van der Waals surface area contributed by atoms with Crippen LogP contribution in [0.2, 0.25) is 0 Å². The molecule has 0 amide bonds. The van der Waals surface area contributed by atoms with Crippen LogP contribution in [0.1, 0.15) is 11.3 Å². The third kappa shape index (κ3) is 3.46. The number of rotatable bonds is 5. The van der Waals surface area contributed by atoms with Crippen LogP contribution in [0.5, 0.6) is 0 Å². The van der Waals surface area contributed by atoms with Gasteiger partial charge in [-0.25, -0.2) is 0 Å². The van der Waals surface area contributed by atoms with E-state index in [4.69, 9.17) is 4.74 Å². The Morgan fingerprint density at radius 3 is 2.73 bits per heavy atom. The lowest BCUT2D eigenvalue weighted by molar-refractivity contribution is 0.123. The Labute approximate surface area is 93.7 Å². The minimum Gasteiger partial charge on any atom is -0.376 e. The van der Waals surface area contributed by atoms with Gasteiger partial charge in [-0.05, 0) is 23.2 Å². The van der Waals surface area contributed by atoms with Crippen molar-refractivity contribution < 1.29 is 4.74 Å². The third-order valence-electron chi connectivity index (χ3n) is 2.11. The van der Waals surface area contributed by atoms with Crippen molar-refractivity contribution in [3.8, 4) is 0 Å². The van der Waals surface area contributed by atoms with Crippen LogP contribution in [0.4, 0.5) is 0 Å². The molecule has 3 heteroatoms. The van der Waals surface area contributed by atoms with Gasteiger partial charge in [-0.1, -0.05) is 30.3 Å². The zero-order chi connectivity index (χ0) is 10.3. The summed E-state index contributed by atoms with van der Waals surface area (Å²) in [6.07, 6.45) is 0.899. The number of hydrogen-bond donors (Lipinski definition) is 0. The van der Waals surface area contributed by atoms with Crippen molar-refractivity contribution >= 4 is 11.5 Å². The molecule has 2 aromatic rings. The molecule has 2 nitrogen and oxygen atoms in total. The number of ether oxygens (including phenoxy) is 1. The summed E-state index contributed by atoms with van der Waals surface area (Å²) in [7, 11) is 0. The molecule has 15 heavy (non-hydrogen) atoms. The van der Waals surface area contributed by atoms with E-state index in [9.17, 15) is 0 Å². The Morgan fingerprint density at radius 2 is 2.00 bits per heavy atom. The summed E-state index contributed by atoms with van der Waals surface area (Å²) in [5.74, 6) is 0. The maximum Gasteiger partial charge on any atom is 0.0717 e. The van der Waals surface area contributed by atoms with Gasteiger partial charge in [-0.15, -0.1) is 0 Å². The van der Waals surface area contributed by atoms with Crippen LogP contribution in [0.15, 0.2) is 41.8 Å². The van der Waals surface area contributed by atoms with Gasteiger partial charge in [0.25, 0.3) is 0 Å². The van der Waals surface area contributed by atoms with Crippen LogP contribution >= 0.6 is 11.5 Å². The quantitative estimate of drug-likeness (QED) is 0.721. The van der Waals surface area contributed by atoms with Crippen molar-refractivity contribution in [1.82, 2.24) is 4.37 Å². The molecule has 1 aromatic carbocycles. The van der Waals surface area contributed by atoms with Gasteiger partial charge in [-0.3, -0.25) is 0 Å². The van der Waals surface area contributed by atoms with Crippen molar-refractivity contribution in [2.24, 2.45) is 0 Å². The smallest absolute Gasteiger partial charge is 0.0717 e. The molecular weight excluding hydrogens is 206 g/mol. The van der Waals surface area contributed by atoms with E-state index in [-0.39, 0.29) is 0 Å². The van der Waals surface area contributed by atoms with Crippen LogP contribution in [-0.4, -0.2) is 11.0 Å². The molecule has 0 aliphatic carbocycles. The highest BCUT2D eigenvalue weighted by molar-refractivity contribution is 7.03. The minimum atomic E-state index is 0.685. The zero-order valence-electron chi connectivity index (χ0n) is 8.43. The van der Waals surface area contributed by atoms with Gasteiger partial charge >= 0.3 is 0 Å². The molecule has 0 aliphatic heterocycles. The van der Waals surface area contributed by atoms with Crippen LogP contribution < -0.4 is 0 Å². The second kappa shape index (κ2) is 5.63. The molecular formula is C12H13NOS. The minimum absolute atomic E-state index is 0.685. The van der Waals surface area contributed by atoms with Gasteiger partial charge in [0.1, 0.15) is 0 Å². The predicted octanol–water partition coefficient (Wildman–Crippen LogP) is 2.90. The molecule has 2 rings (SSSR count). The second-order valence-corrected chi connectivity index (χ2v) is 3.94. The Morgan fingerprint density at radius 1 is 1.13 bits per heavy atom. The first-order valence-corrected chi connectivity index (χ1v) is 5.80. The number of hydrogen-bond acceptors (Lipinski definition) is 3. The SMILES string of the molecule is c1ccc(COCCc2ccsn2)cc1. The molecule has 0 fully saturated rings.